The van der Waals surface area contributed by atoms with E-state index in [4.69, 9.17) is 19.6 Å². The zero-order valence-corrected chi connectivity index (χ0v) is 19.7. The van der Waals surface area contributed by atoms with Crippen LogP contribution >= 0.6 is 15.9 Å². The largest absolute Gasteiger partial charge is 0.493 e. The molecule has 0 bridgehead atoms. The van der Waals surface area contributed by atoms with Gasteiger partial charge in [-0.2, -0.15) is 9.78 Å². The van der Waals surface area contributed by atoms with Gasteiger partial charge in [0.25, 0.3) is 5.56 Å². The van der Waals surface area contributed by atoms with Gasteiger partial charge in [-0.3, -0.25) is 4.79 Å². The second kappa shape index (κ2) is 10.2. The summed E-state index contributed by atoms with van der Waals surface area (Å²) in [4.78, 5) is 29.2. The first-order valence-corrected chi connectivity index (χ1v) is 11.6. The number of halogens is 1. The molecule has 0 unspecified atom stereocenters. The summed E-state index contributed by atoms with van der Waals surface area (Å²) >= 11 is 3.42. The number of benzene rings is 2. The van der Waals surface area contributed by atoms with Gasteiger partial charge in [-0.1, -0.05) is 47.3 Å². The van der Waals surface area contributed by atoms with Crippen molar-refractivity contribution in [1.29, 1.82) is 0 Å². The topological polar surface area (TPSA) is 103 Å². The minimum absolute atomic E-state index is 0.146. The minimum Gasteiger partial charge on any atom is -0.493 e. The first-order chi connectivity index (χ1) is 16.0. The quantitative estimate of drug-likeness (QED) is 0.464. The highest BCUT2D eigenvalue weighted by molar-refractivity contribution is 9.10. The number of carboxylic acid groups (broad SMARTS) is 1. The van der Waals surface area contributed by atoms with Gasteiger partial charge in [-0.25, -0.2) is 9.78 Å². The van der Waals surface area contributed by atoms with Crippen LogP contribution in [0.15, 0.2) is 50.8 Å². The molecule has 1 saturated carbocycles. The molecule has 0 spiro atoms. The molecule has 0 saturated heterocycles. The van der Waals surface area contributed by atoms with Crippen LogP contribution in [0, 0.1) is 0 Å². The van der Waals surface area contributed by atoms with Gasteiger partial charge in [0.15, 0.2) is 18.1 Å². The predicted octanol–water partition coefficient (Wildman–Crippen LogP) is 4.56. The van der Waals surface area contributed by atoms with Crippen molar-refractivity contribution in [3.8, 4) is 11.5 Å². The Labute approximate surface area is 199 Å². The maximum Gasteiger partial charge on any atom is 0.341 e. The number of hydrogen-bond donors (Lipinski definition) is 1. The molecule has 1 aliphatic carbocycles. The Kier molecular flexibility index (Phi) is 7.08. The fourth-order valence-corrected chi connectivity index (χ4v) is 4.58. The SMILES string of the molecule is COc1cc(Br)cc(C=Nn2c(C3CCCCC3)nc3ccccc3c2=O)c1OCC(=O)O. The van der Waals surface area contributed by atoms with Crippen molar-refractivity contribution < 1.29 is 19.4 Å². The molecule has 0 aliphatic heterocycles. The first kappa shape index (κ1) is 23.0. The number of carbonyl (C=O) groups is 1. The van der Waals surface area contributed by atoms with Crippen LogP contribution in [0.2, 0.25) is 0 Å². The zero-order valence-electron chi connectivity index (χ0n) is 18.2. The minimum atomic E-state index is -1.11. The molecule has 3 aromatic rings. The normalized spacial score (nSPS) is 14.6. The molecule has 172 valence electrons. The highest BCUT2D eigenvalue weighted by Gasteiger charge is 2.22. The van der Waals surface area contributed by atoms with Gasteiger partial charge in [0, 0.05) is 16.0 Å². The summed E-state index contributed by atoms with van der Waals surface area (Å²) in [6.45, 7) is -0.538. The van der Waals surface area contributed by atoms with Gasteiger partial charge in [0.2, 0.25) is 0 Å². The molecule has 9 heteroatoms. The van der Waals surface area contributed by atoms with E-state index >= 15 is 0 Å². The summed E-state index contributed by atoms with van der Waals surface area (Å²) in [5, 5.41) is 14.1. The first-order valence-electron chi connectivity index (χ1n) is 10.8. The highest BCUT2D eigenvalue weighted by atomic mass is 79.9. The zero-order chi connectivity index (χ0) is 23.4. The molecule has 1 aromatic heterocycles. The molecular formula is C24H24BrN3O5. The van der Waals surface area contributed by atoms with Crippen LogP contribution < -0.4 is 15.0 Å². The van der Waals surface area contributed by atoms with Crippen molar-refractivity contribution in [3.05, 3.63) is 62.6 Å². The predicted molar refractivity (Wildman–Crippen MR) is 129 cm³/mol. The third-order valence-electron chi connectivity index (χ3n) is 5.67. The van der Waals surface area contributed by atoms with E-state index in [1.807, 2.05) is 12.1 Å². The summed E-state index contributed by atoms with van der Waals surface area (Å²) < 4.78 is 12.9. The van der Waals surface area contributed by atoms with E-state index in [2.05, 4.69) is 21.0 Å². The maximum atomic E-state index is 13.4. The van der Waals surface area contributed by atoms with Crippen LogP contribution in [0.1, 0.15) is 49.4 Å². The van der Waals surface area contributed by atoms with Crippen LogP contribution in [-0.2, 0) is 4.79 Å². The van der Waals surface area contributed by atoms with Crippen molar-refractivity contribution in [2.24, 2.45) is 5.10 Å². The molecule has 0 atom stereocenters. The lowest BCUT2D eigenvalue weighted by molar-refractivity contribution is -0.139. The average Bonchev–Trinajstić information content (AvgIpc) is 2.82. The number of hydrogen-bond acceptors (Lipinski definition) is 6. The van der Waals surface area contributed by atoms with Crippen molar-refractivity contribution in [3.63, 3.8) is 0 Å². The third kappa shape index (κ3) is 5.08. The second-order valence-corrected chi connectivity index (χ2v) is 8.81. The number of ether oxygens (including phenoxy) is 2. The molecule has 1 heterocycles. The Morgan fingerprint density at radius 3 is 2.76 bits per heavy atom. The van der Waals surface area contributed by atoms with Crippen molar-refractivity contribution in [1.82, 2.24) is 9.66 Å². The number of fused-ring (bicyclic) bond motifs is 1. The Balaban J connectivity index is 1.84. The van der Waals surface area contributed by atoms with Gasteiger partial charge in [0.1, 0.15) is 5.82 Å². The van der Waals surface area contributed by atoms with Gasteiger partial charge in [-0.05, 0) is 37.1 Å². The van der Waals surface area contributed by atoms with E-state index in [9.17, 15) is 9.59 Å². The fraction of sp³-hybridized carbons (Fsp3) is 0.333. The van der Waals surface area contributed by atoms with Crippen LogP contribution in [0.5, 0.6) is 11.5 Å². The summed E-state index contributed by atoms with van der Waals surface area (Å²) in [6, 6.07) is 10.7. The number of aromatic nitrogens is 2. The summed E-state index contributed by atoms with van der Waals surface area (Å²) in [5.41, 5.74) is 0.883. The fourth-order valence-electron chi connectivity index (χ4n) is 4.12. The number of rotatable bonds is 7. The number of aliphatic carboxylic acids is 1. The molecule has 0 radical (unpaired) electrons. The van der Waals surface area contributed by atoms with Gasteiger partial charge < -0.3 is 14.6 Å². The summed E-state index contributed by atoms with van der Waals surface area (Å²) in [7, 11) is 1.47. The number of carboxylic acids is 1. The van der Waals surface area contributed by atoms with Crippen LogP contribution in [0.3, 0.4) is 0 Å². The van der Waals surface area contributed by atoms with Crippen LogP contribution in [0.4, 0.5) is 0 Å². The number of para-hydroxylation sites is 1. The Morgan fingerprint density at radius 1 is 1.27 bits per heavy atom. The van der Waals surface area contributed by atoms with E-state index in [1.54, 1.807) is 24.3 Å². The average molecular weight is 514 g/mol. The molecule has 1 fully saturated rings. The summed E-state index contributed by atoms with van der Waals surface area (Å²) in [5.74, 6) is 0.256. The summed E-state index contributed by atoms with van der Waals surface area (Å²) in [6.07, 6.45) is 6.75. The Morgan fingerprint density at radius 2 is 2.03 bits per heavy atom. The lowest BCUT2D eigenvalue weighted by atomic mass is 9.88. The third-order valence-corrected chi connectivity index (χ3v) is 6.13. The van der Waals surface area contributed by atoms with Crippen molar-refractivity contribution in [2.75, 3.05) is 13.7 Å². The highest BCUT2D eigenvalue weighted by Crippen LogP contribution is 2.35. The molecule has 4 rings (SSSR count). The van der Waals surface area contributed by atoms with Gasteiger partial charge >= 0.3 is 5.97 Å². The molecule has 1 aliphatic rings. The lowest BCUT2D eigenvalue weighted by Crippen LogP contribution is -2.25. The van der Waals surface area contributed by atoms with Gasteiger partial charge in [-0.15, -0.1) is 0 Å². The maximum absolute atomic E-state index is 13.4. The van der Waals surface area contributed by atoms with Crippen molar-refractivity contribution >= 4 is 39.0 Å². The van der Waals surface area contributed by atoms with E-state index in [0.717, 1.165) is 25.7 Å². The monoisotopic (exact) mass is 513 g/mol. The molecule has 1 N–H and O–H groups in total. The van der Waals surface area contributed by atoms with Crippen LogP contribution in [0.25, 0.3) is 10.9 Å². The molecule has 33 heavy (non-hydrogen) atoms. The second-order valence-electron chi connectivity index (χ2n) is 7.89. The lowest BCUT2D eigenvalue weighted by Gasteiger charge is -2.22. The molecule has 0 amide bonds. The van der Waals surface area contributed by atoms with Gasteiger partial charge in [0.05, 0.1) is 24.2 Å². The van der Waals surface area contributed by atoms with E-state index in [1.165, 1.54) is 24.4 Å². The molecular weight excluding hydrogens is 490 g/mol. The number of methoxy groups -OCH3 is 1. The standard InChI is InChI=1S/C24H24BrN3O5/c1-32-20-12-17(25)11-16(22(20)33-14-21(29)30)13-26-28-23(15-7-3-2-4-8-15)27-19-10-6-5-9-18(19)24(28)31/h5-6,9-13,15H,2-4,7-8,14H2,1H3,(H,29,30). The Bertz CT molecular complexity index is 1260. The van der Waals surface area contributed by atoms with E-state index in [-0.39, 0.29) is 17.2 Å². The van der Waals surface area contributed by atoms with Crippen LogP contribution in [-0.4, -0.2) is 40.7 Å². The smallest absolute Gasteiger partial charge is 0.341 e. The molecule has 8 nitrogen and oxygen atoms in total. The molecule has 2 aromatic carbocycles. The van der Waals surface area contributed by atoms with Crippen molar-refractivity contribution in [2.45, 2.75) is 38.0 Å². The van der Waals surface area contributed by atoms with E-state index in [0.29, 0.717) is 32.5 Å². The number of nitrogens with zero attached hydrogens (tertiary/aromatic N) is 3. The van der Waals surface area contributed by atoms with E-state index < -0.39 is 12.6 Å². The Hall–Kier alpha value is -3.20.